The zero-order valence-electron chi connectivity index (χ0n) is 12.2. The highest BCUT2D eigenvalue weighted by molar-refractivity contribution is 5.46. The quantitative estimate of drug-likeness (QED) is 0.893. The van der Waals surface area contributed by atoms with Gasteiger partial charge in [0.25, 0.3) is 0 Å². The Morgan fingerprint density at radius 1 is 1.30 bits per heavy atom. The summed E-state index contributed by atoms with van der Waals surface area (Å²) < 4.78 is 1.83. The molecular formula is C14H21N5O. The van der Waals surface area contributed by atoms with Crippen molar-refractivity contribution in [1.82, 2.24) is 19.8 Å². The first-order chi connectivity index (χ1) is 9.49. The molecular weight excluding hydrogens is 254 g/mol. The van der Waals surface area contributed by atoms with Crippen molar-refractivity contribution >= 4 is 11.5 Å². The average molecular weight is 275 g/mol. The first kappa shape index (κ1) is 13.3. The van der Waals surface area contributed by atoms with E-state index < -0.39 is 0 Å². The normalized spacial score (nSPS) is 20.0. The van der Waals surface area contributed by atoms with Crippen LogP contribution in [0.25, 0.3) is 5.65 Å². The SMILES string of the molecule is CC(C)(C)c1nnc2ccc(N3CCC(CO)C3)nn12. The first-order valence-electron chi connectivity index (χ1n) is 7.08. The van der Waals surface area contributed by atoms with Gasteiger partial charge in [-0.3, -0.25) is 0 Å². The second kappa shape index (κ2) is 4.70. The van der Waals surface area contributed by atoms with Gasteiger partial charge >= 0.3 is 0 Å². The van der Waals surface area contributed by atoms with Gasteiger partial charge in [-0.2, -0.15) is 4.52 Å². The molecule has 20 heavy (non-hydrogen) atoms. The molecule has 0 radical (unpaired) electrons. The number of aromatic nitrogens is 4. The molecule has 1 aliphatic rings. The van der Waals surface area contributed by atoms with Crippen LogP contribution in [-0.4, -0.2) is 44.6 Å². The smallest absolute Gasteiger partial charge is 0.178 e. The third kappa shape index (κ3) is 2.24. The van der Waals surface area contributed by atoms with E-state index in [9.17, 15) is 5.11 Å². The van der Waals surface area contributed by atoms with Crippen LogP contribution in [0.15, 0.2) is 12.1 Å². The monoisotopic (exact) mass is 275 g/mol. The van der Waals surface area contributed by atoms with Gasteiger partial charge in [-0.15, -0.1) is 15.3 Å². The van der Waals surface area contributed by atoms with E-state index in [2.05, 4.69) is 41.0 Å². The van der Waals surface area contributed by atoms with Crippen molar-refractivity contribution < 1.29 is 5.11 Å². The first-order valence-corrected chi connectivity index (χ1v) is 7.08. The van der Waals surface area contributed by atoms with E-state index in [1.165, 1.54) is 0 Å². The Labute approximate surface area is 118 Å². The van der Waals surface area contributed by atoms with E-state index in [0.29, 0.717) is 5.92 Å². The van der Waals surface area contributed by atoms with Crippen LogP contribution in [0.5, 0.6) is 0 Å². The molecule has 3 heterocycles. The Morgan fingerprint density at radius 2 is 2.10 bits per heavy atom. The summed E-state index contributed by atoms with van der Waals surface area (Å²) in [5.74, 6) is 2.15. The molecule has 108 valence electrons. The fraction of sp³-hybridized carbons (Fsp3) is 0.643. The van der Waals surface area contributed by atoms with Crippen molar-refractivity contribution in [1.29, 1.82) is 0 Å². The number of rotatable bonds is 2. The number of fused-ring (bicyclic) bond motifs is 1. The van der Waals surface area contributed by atoms with Crippen molar-refractivity contribution in [2.75, 3.05) is 24.6 Å². The summed E-state index contributed by atoms with van der Waals surface area (Å²) in [4.78, 5) is 2.22. The lowest BCUT2D eigenvalue weighted by molar-refractivity contribution is 0.238. The number of anilines is 1. The largest absolute Gasteiger partial charge is 0.396 e. The van der Waals surface area contributed by atoms with Crippen molar-refractivity contribution in [3.63, 3.8) is 0 Å². The Kier molecular flexibility index (Phi) is 3.12. The highest BCUT2D eigenvalue weighted by Gasteiger charge is 2.25. The number of hydrogen-bond donors (Lipinski definition) is 1. The van der Waals surface area contributed by atoms with Gasteiger partial charge in [0.2, 0.25) is 0 Å². The molecule has 1 saturated heterocycles. The highest BCUT2D eigenvalue weighted by Crippen LogP contribution is 2.24. The molecule has 1 N–H and O–H groups in total. The average Bonchev–Trinajstić information content (AvgIpc) is 3.03. The molecule has 0 bridgehead atoms. The summed E-state index contributed by atoms with van der Waals surface area (Å²) in [6.45, 7) is 8.37. The Morgan fingerprint density at radius 3 is 2.75 bits per heavy atom. The van der Waals surface area contributed by atoms with Crippen LogP contribution in [0.4, 0.5) is 5.82 Å². The van der Waals surface area contributed by atoms with Gasteiger partial charge < -0.3 is 10.0 Å². The van der Waals surface area contributed by atoms with Crippen LogP contribution in [0.2, 0.25) is 0 Å². The summed E-state index contributed by atoms with van der Waals surface area (Å²) in [5.41, 5.74) is 0.681. The highest BCUT2D eigenvalue weighted by atomic mass is 16.3. The van der Waals surface area contributed by atoms with Crippen LogP contribution in [0, 0.1) is 5.92 Å². The van der Waals surface area contributed by atoms with Crippen LogP contribution >= 0.6 is 0 Å². The van der Waals surface area contributed by atoms with Gasteiger partial charge in [0.15, 0.2) is 11.5 Å². The van der Waals surface area contributed by atoms with Gasteiger partial charge in [0.05, 0.1) is 0 Å². The number of aliphatic hydroxyl groups is 1. The molecule has 0 aromatic carbocycles. The zero-order valence-corrected chi connectivity index (χ0v) is 12.2. The fourth-order valence-corrected chi connectivity index (χ4v) is 2.61. The molecule has 2 aromatic heterocycles. The molecule has 1 atom stereocenters. The van der Waals surface area contributed by atoms with Crippen molar-refractivity contribution in [2.45, 2.75) is 32.6 Å². The van der Waals surface area contributed by atoms with Crippen LogP contribution in [0.3, 0.4) is 0 Å². The van der Waals surface area contributed by atoms with E-state index in [1.54, 1.807) is 0 Å². The molecule has 0 aliphatic carbocycles. The second-order valence-corrected chi connectivity index (χ2v) is 6.52. The molecule has 2 aromatic rings. The minimum Gasteiger partial charge on any atom is -0.396 e. The van der Waals surface area contributed by atoms with Crippen LogP contribution < -0.4 is 4.90 Å². The van der Waals surface area contributed by atoms with E-state index >= 15 is 0 Å². The lowest BCUT2D eigenvalue weighted by Gasteiger charge is -2.19. The molecule has 6 nitrogen and oxygen atoms in total. The molecule has 0 spiro atoms. The maximum atomic E-state index is 9.25. The predicted molar refractivity (Wildman–Crippen MR) is 76.9 cm³/mol. The van der Waals surface area contributed by atoms with E-state index in [1.807, 2.05) is 16.6 Å². The fourth-order valence-electron chi connectivity index (χ4n) is 2.61. The van der Waals surface area contributed by atoms with Crippen molar-refractivity contribution in [2.24, 2.45) is 5.92 Å². The summed E-state index contributed by atoms with van der Waals surface area (Å²) >= 11 is 0. The molecule has 1 unspecified atom stereocenters. The maximum Gasteiger partial charge on any atom is 0.178 e. The van der Waals surface area contributed by atoms with Gasteiger partial charge in [0.1, 0.15) is 5.82 Å². The van der Waals surface area contributed by atoms with Gasteiger partial charge in [-0.25, -0.2) is 0 Å². The Bertz CT molecular complexity index is 616. The van der Waals surface area contributed by atoms with E-state index in [0.717, 1.165) is 36.8 Å². The predicted octanol–water partition coefficient (Wildman–Crippen LogP) is 1.24. The summed E-state index contributed by atoms with van der Waals surface area (Å²) in [6.07, 6.45) is 1.02. The summed E-state index contributed by atoms with van der Waals surface area (Å²) in [5, 5.41) is 22.4. The van der Waals surface area contributed by atoms with E-state index in [4.69, 9.17) is 0 Å². The third-order valence-corrected chi connectivity index (χ3v) is 3.79. The maximum absolute atomic E-state index is 9.25. The molecule has 3 rings (SSSR count). The van der Waals surface area contributed by atoms with Crippen molar-refractivity contribution in [3.8, 4) is 0 Å². The molecule has 0 amide bonds. The molecule has 1 fully saturated rings. The third-order valence-electron chi connectivity index (χ3n) is 3.79. The van der Waals surface area contributed by atoms with Crippen LogP contribution in [-0.2, 0) is 5.41 Å². The lowest BCUT2D eigenvalue weighted by atomic mass is 9.96. The van der Waals surface area contributed by atoms with Gasteiger partial charge in [-0.1, -0.05) is 20.8 Å². The molecule has 1 aliphatic heterocycles. The topological polar surface area (TPSA) is 66.5 Å². The zero-order chi connectivity index (χ0) is 14.3. The Balaban J connectivity index is 1.98. The minimum atomic E-state index is -0.0936. The number of aliphatic hydroxyl groups excluding tert-OH is 1. The van der Waals surface area contributed by atoms with E-state index in [-0.39, 0.29) is 12.0 Å². The standard InChI is InChI=1S/C14H21N5O/c1-14(2,3)13-16-15-11-4-5-12(17-19(11)13)18-7-6-10(8-18)9-20/h4-5,10,20H,6-9H2,1-3H3. The Hall–Kier alpha value is -1.69. The molecule has 6 heteroatoms. The van der Waals surface area contributed by atoms with Crippen LogP contribution in [0.1, 0.15) is 33.0 Å². The summed E-state index contributed by atoms with van der Waals surface area (Å²) in [6, 6.07) is 3.94. The number of nitrogens with zero attached hydrogens (tertiary/aromatic N) is 5. The lowest BCUT2D eigenvalue weighted by Crippen LogP contribution is -2.23. The molecule has 0 saturated carbocycles. The number of hydrogen-bond acceptors (Lipinski definition) is 5. The minimum absolute atomic E-state index is 0.0936. The van der Waals surface area contributed by atoms with Crippen molar-refractivity contribution in [3.05, 3.63) is 18.0 Å². The van der Waals surface area contributed by atoms with Gasteiger partial charge in [-0.05, 0) is 18.6 Å². The van der Waals surface area contributed by atoms with Gasteiger partial charge in [0, 0.05) is 31.0 Å². The second-order valence-electron chi connectivity index (χ2n) is 6.52. The summed E-state index contributed by atoms with van der Waals surface area (Å²) in [7, 11) is 0.